The molecular formula is C17H15ClFNO3. The molecule has 0 saturated heterocycles. The number of carbonyl (C=O) groups excluding carboxylic acids is 2. The van der Waals surface area contributed by atoms with Gasteiger partial charge >= 0.3 is 5.97 Å². The minimum atomic E-state index is -0.586. The van der Waals surface area contributed by atoms with E-state index in [9.17, 15) is 14.0 Å². The first kappa shape index (κ1) is 17.0. The van der Waals surface area contributed by atoms with Crippen LogP contribution in [0.5, 0.6) is 5.75 Å². The summed E-state index contributed by atoms with van der Waals surface area (Å²) < 4.78 is 18.2. The summed E-state index contributed by atoms with van der Waals surface area (Å²) in [5, 5.41) is 3.24. The number of halogens is 2. The molecule has 1 N–H and O–H groups in total. The minimum Gasteiger partial charge on any atom is -0.423 e. The third-order valence-corrected chi connectivity index (χ3v) is 3.26. The second-order valence-corrected chi connectivity index (χ2v) is 5.21. The van der Waals surface area contributed by atoms with Crippen LogP contribution in [-0.4, -0.2) is 18.4 Å². The van der Waals surface area contributed by atoms with Gasteiger partial charge in [-0.15, -0.1) is 0 Å². The fourth-order valence-corrected chi connectivity index (χ4v) is 1.97. The smallest absolute Gasteiger partial charge is 0.311 e. The van der Waals surface area contributed by atoms with Gasteiger partial charge in [0.05, 0.1) is 0 Å². The highest BCUT2D eigenvalue weighted by Crippen LogP contribution is 2.16. The molecule has 0 radical (unpaired) electrons. The second-order valence-electron chi connectivity index (χ2n) is 4.77. The van der Waals surface area contributed by atoms with E-state index in [1.165, 1.54) is 18.2 Å². The molecular weight excluding hydrogens is 321 g/mol. The third-order valence-electron chi connectivity index (χ3n) is 3.01. The molecule has 120 valence electrons. The Balaban J connectivity index is 1.71. The van der Waals surface area contributed by atoms with Gasteiger partial charge in [-0.1, -0.05) is 23.7 Å². The number of hydrogen-bond acceptors (Lipinski definition) is 3. The first-order chi connectivity index (χ1) is 11.1. The topological polar surface area (TPSA) is 55.4 Å². The van der Waals surface area contributed by atoms with Crippen molar-refractivity contribution < 1.29 is 18.7 Å². The quantitative estimate of drug-likeness (QED) is 0.498. The SMILES string of the molecule is O=C(CCCNC(=O)c1ccc(Cl)cc1)Oc1ccccc1F. The lowest BCUT2D eigenvalue weighted by atomic mass is 10.2. The number of para-hydroxylation sites is 1. The molecule has 0 aliphatic carbocycles. The largest absolute Gasteiger partial charge is 0.423 e. The highest BCUT2D eigenvalue weighted by Gasteiger charge is 2.09. The van der Waals surface area contributed by atoms with Gasteiger partial charge in [-0.3, -0.25) is 9.59 Å². The Morgan fingerprint density at radius 3 is 2.48 bits per heavy atom. The number of nitrogens with one attached hydrogen (secondary N) is 1. The van der Waals surface area contributed by atoms with Crippen molar-refractivity contribution in [3.63, 3.8) is 0 Å². The Labute approximate surface area is 138 Å². The van der Waals surface area contributed by atoms with E-state index < -0.39 is 11.8 Å². The predicted octanol–water partition coefficient (Wildman–Crippen LogP) is 3.59. The van der Waals surface area contributed by atoms with E-state index in [4.69, 9.17) is 16.3 Å². The summed E-state index contributed by atoms with van der Waals surface area (Å²) in [6, 6.07) is 12.2. The molecule has 2 aromatic rings. The molecule has 1 amide bonds. The second kappa shape index (κ2) is 8.29. The molecule has 0 fully saturated rings. The lowest BCUT2D eigenvalue weighted by Crippen LogP contribution is -2.25. The lowest BCUT2D eigenvalue weighted by molar-refractivity contribution is -0.134. The zero-order valence-corrected chi connectivity index (χ0v) is 13.0. The fourth-order valence-electron chi connectivity index (χ4n) is 1.84. The summed E-state index contributed by atoms with van der Waals surface area (Å²) in [6.45, 7) is 0.313. The molecule has 0 saturated carbocycles. The molecule has 0 aromatic heterocycles. The van der Waals surface area contributed by atoms with E-state index in [1.807, 2.05) is 0 Å². The van der Waals surface area contributed by atoms with Crippen LogP contribution in [0.4, 0.5) is 4.39 Å². The molecule has 4 nitrogen and oxygen atoms in total. The Kier molecular flexibility index (Phi) is 6.11. The highest BCUT2D eigenvalue weighted by atomic mass is 35.5. The fraction of sp³-hybridized carbons (Fsp3) is 0.176. The van der Waals surface area contributed by atoms with Gasteiger partial charge in [-0.05, 0) is 42.8 Å². The highest BCUT2D eigenvalue weighted by molar-refractivity contribution is 6.30. The van der Waals surface area contributed by atoms with Gasteiger partial charge in [0, 0.05) is 23.6 Å². The summed E-state index contributed by atoms with van der Waals surface area (Å²) in [4.78, 5) is 23.4. The van der Waals surface area contributed by atoms with Crippen molar-refractivity contribution in [2.75, 3.05) is 6.54 Å². The van der Waals surface area contributed by atoms with Crippen LogP contribution in [0, 0.1) is 5.82 Å². The van der Waals surface area contributed by atoms with E-state index in [1.54, 1.807) is 30.3 Å². The molecule has 0 unspecified atom stereocenters. The van der Waals surface area contributed by atoms with Crippen LogP contribution in [0.25, 0.3) is 0 Å². The average molecular weight is 336 g/mol. The molecule has 23 heavy (non-hydrogen) atoms. The first-order valence-electron chi connectivity index (χ1n) is 7.05. The molecule has 0 aliphatic heterocycles. The monoisotopic (exact) mass is 335 g/mol. The molecule has 0 atom stereocenters. The number of amides is 1. The van der Waals surface area contributed by atoms with E-state index in [0.29, 0.717) is 23.6 Å². The van der Waals surface area contributed by atoms with Crippen molar-refractivity contribution in [2.45, 2.75) is 12.8 Å². The van der Waals surface area contributed by atoms with Crippen LogP contribution in [0.1, 0.15) is 23.2 Å². The molecule has 6 heteroatoms. The number of esters is 1. The van der Waals surface area contributed by atoms with Gasteiger partial charge in [0.25, 0.3) is 5.91 Å². The van der Waals surface area contributed by atoms with Crippen LogP contribution in [-0.2, 0) is 4.79 Å². The molecule has 0 aliphatic rings. The zero-order chi connectivity index (χ0) is 16.7. The Morgan fingerprint density at radius 1 is 1.09 bits per heavy atom. The van der Waals surface area contributed by atoms with Crippen LogP contribution in [0.15, 0.2) is 48.5 Å². The van der Waals surface area contributed by atoms with Crippen LogP contribution in [0.2, 0.25) is 5.02 Å². The summed E-state index contributed by atoms with van der Waals surface area (Å²) in [5.41, 5.74) is 0.489. The van der Waals surface area contributed by atoms with Gasteiger partial charge in [-0.2, -0.15) is 0 Å². The Morgan fingerprint density at radius 2 is 1.78 bits per heavy atom. The maximum atomic E-state index is 13.3. The summed E-state index contributed by atoms with van der Waals surface area (Å²) in [6.07, 6.45) is 0.474. The lowest BCUT2D eigenvalue weighted by Gasteiger charge is -2.06. The number of benzene rings is 2. The molecule has 0 heterocycles. The molecule has 0 spiro atoms. The van der Waals surface area contributed by atoms with Gasteiger partial charge < -0.3 is 10.1 Å². The number of rotatable bonds is 6. The summed E-state index contributed by atoms with van der Waals surface area (Å²) in [5.74, 6) is -1.47. The Hall–Kier alpha value is -2.40. The third kappa shape index (κ3) is 5.38. The van der Waals surface area contributed by atoms with Crippen molar-refractivity contribution in [3.8, 4) is 5.75 Å². The van der Waals surface area contributed by atoms with Crippen LogP contribution < -0.4 is 10.1 Å². The van der Waals surface area contributed by atoms with Crippen molar-refractivity contribution in [3.05, 3.63) is 64.9 Å². The van der Waals surface area contributed by atoms with E-state index in [2.05, 4.69) is 5.32 Å². The van der Waals surface area contributed by atoms with Crippen molar-refractivity contribution in [1.82, 2.24) is 5.32 Å². The predicted molar refractivity (Wildman–Crippen MR) is 85.1 cm³/mol. The maximum Gasteiger partial charge on any atom is 0.311 e. The van der Waals surface area contributed by atoms with E-state index in [-0.39, 0.29) is 18.1 Å². The minimum absolute atomic E-state index is 0.0786. The van der Waals surface area contributed by atoms with Crippen LogP contribution in [0.3, 0.4) is 0 Å². The van der Waals surface area contributed by atoms with Gasteiger partial charge in [0.2, 0.25) is 0 Å². The standard InChI is InChI=1S/C17H15ClFNO3/c18-13-9-7-12(8-10-13)17(22)20-11-3-6-16(21)23-15-5-2-1-4-14(15)19/h1-2,4-5,7-10H,3,6,11H2,(H,20,22). The normalized spacial score (nSPS) is 10.2. The van der Waals surface area contributed by atoms with Crippen molar-refractivity contribution in [1.29, 1.82) is 0 Å². The molecule has 2 aromatic carbocycles. The number of hydrogen-bond donors (Lipinski definition) is 1. The van der Waals surface area contributed by atoms with Crippen molar-refractivity contribution >= 4 is 23.5 Å². The number of ether oxygens (including phenoxy) is 1. The van der Waals surface area contributed by atoms with Crippen LogP contribution >= 0.6 is 11.6 Å². The number of carbonyl (C=O) groups is 2. The van der Waals surface area contributed by atoms with E-state index in [0.717, 1.165) is 0 Å². The Bertz CT molecular complexity index is 688. The summed E-state index contributed by atoms with van der Waals surface area (Å²) in [7, 11) is 0. The van der Waals surface area contributed by atoms with Gasteiger partial charge in [0.1, 0.15) is 0 Å². The van der Waals surface area contributed by atoms with E-state index >= 15 is 0 Å². The summed E-state index contributed by atoms with van der Waals surface area (Å²) >= 11 is 5.75. The van der Waals surface area contributed by atoms with Gasteiger partial charge in [0.15, 0.2) is 11.6 Å². The van der Waals surface area contributed by atoms with Crippen molar-refractivity contribution in [2.24, 2.45) is 0 Å². The van der Waals surface area contributed by atoms with Gasteiger partial charge in [-0.25, -0.2) is 4.39 Å². The first-order valence-corrected chi connectivity index (χ1v) is 7.43. The zero-order valence-electron chi connectivity index (χ0n) is 12.2. The molecule has 2 rings (SSSR count). The molecule has 0 bridgehead atoms. The average Bonchev–Trinajstić information content (AvgIpc) is 2.54. The maximum absolute atomic E-state index is 13.3.